The molecular weight excluding hydrogens is 584 g/mol. The Labute approximate surface area is 255 Å². The molecule has 0 nitrogen and oxygen atoms in total. The van der Waals surface area contributed by atoms with Gasteiger partial charge in [0.2, 0.25) is 0 Å². The third-order valence-electron chi connectivity index (χ3n) is 8.83. The zero-order valence-corrected chi connectivity index (χ0v) is 25.8. The zero-order valence-electron chi connectivity index (χ0n) is 23.4. The molecular formula is C41H30Zr. The minimum atomic E-state index is -2.80. The first kappa shape index (κ1) is 25.5. The van der Waals surface area contributed by atoms with Gasteiger partial charge in [-0.2, -0.15) is 0 Å². The maximum atomic E-state index is 2.42. The van der Waals surface area contributed by atoms with Crippen LogP contribution >= 0.6 is 0 Å². The van der Waals surface area contributed by atoms with Gasteiger partial charge in [-0.3, -0.25) is 0 Å². The molecule has 1 heteroatoms. The van der Waals surface area contributed by atoms with Gasteiger partial charge in [0, 0.05) is 0 Å². The summed E-state index contributed by atoms with van der Waals surface area (Å²) in [6.07, 6.45) is 5.86. The average Bonchev–Trinajstić information content (AvgIpc) is 3.68. The van der Waals surface area contributed by atoms with Gasteiger partial charge >= 0.3 is 257 Å². The van der Waals surface area contributed by atoms with Crippen LogP contribution in [-0.2, 0) is 21.3 Å². The summed E-state index contributed by atoms with van der Waals surface area (Å²) in [7, 11) is 0. The predicted octanol–water partition coefficient (Wildman–Crippen LogP) is 10.2. The minimum absolute atomic E-state index is 0.403. The molecule has 8 rings (SSSR count). The summed E-state index contributed by atoms with van der Waals surface area (Å²) < 4.78 is 3.68. The summed E-state index contributed by atoms with van der Waals surface area (Å²) in [4.78, 5) is 0. The van der Waals surface area contributed by atoms with E-state index in [1.807, 2.05) is 0 Å². The topological polar surface area (TPSA) is 0 Å². The molecule has 0 saturated heterocycles. The summed E-state index contributed by atoms with van der Waals surface area (Å²) in [5, 5.41) is 2.60. The Hall–Kier alpha value is -4.19. The molecule has 0 bridgehead atoms. The van der Waals surface area contributed by atoms with Crippen molar-refractivity contribution in [3.8, 4) is 11.1 Å². The summed E-state index contributed by atoms with van der Waals surface area (Å²) in [6, 6.07) is 56.7. The fraction of sp³-hybridized carbons (Fsp3) is 0.0488. The average molecular weight is 614 g/mol. The van der Waals surface area contributed by atoms with Crippen LogP contribution in [0.4, 0.5) is 0 Å². The van der Waals surface area contributed by atoms with Gasteiger partial charge in [0.1, 0.15) is 0 Å². The van der Waals surface area contributed by atoms with Gasteiger partial charge in [0.05, 0.1) is 0 Å². The molecule has 0 radical (unpaired) electrons. The Morgan fingerprint density at radius 1 is 0.524 bits per heavy atom. The summed E-state index contributed by atoms with van der Waals surface area (Å²) >= 11 is -2.80. The molecule has 2 aliphatic carbocycles. The molecule has 0 aliphatic heterocycles. The van der Waals surface area contributed by atoms with Crippen LogP contribution in [0.1, 0.15) is 37.9 Å². The number of benzene rings is 6. The van der Waals surface area contributed by atoms with E-state index >= 15 is 0 Å². The molecule has 42 heavy (non-hydrogen) atoms. The van der Waals surface area contributed by atoms with E-state index in [9.17, 15) is 0 Å². The molecule has 2 aliphatic rings. The number of rotatable bonds is 5. The molecule has 0 fully saturated rings. The SMILES string of the molecule is C1=CC(c2ccc3ccccc3c2)=[C]([Zr](=[C](c2ccccc2)c2ccccc2)[CH]2c3ccccc3-c3ccccc32)C1. The first-order valence-corrected chi connectivity index (χ1v) is 18.7. The van der Waals surface area contributed by atoms with Gasteiger partial charge in [-0.05, 0) is 0 Å². The molecule has 0 N–H and O–H groups in total. The van der Waals surface area contributed by atoms with Crippen LogP contribution < -0.4 is 0 Å². The van der Waals surface area contributed by atoms with E-state index in [-0.39, 0.29) is 0 Å². The first-order valence-electron chi connectivity index (χ1n) is 14.8. The molecule has 198 valence electrons. The van der Waals surface area contributed by atoms with Gasteiger partial charge in [0.15, 0.2) is 0 Å². The van der Waals surface area contributed by atoms with E-state index in [4.69, 9.17) is 0 Å². The van der Waals surface area contributed by atoms with Crippen LogP contribution in [0, 0.1) is 0 Å². The molecule has 0 amide bonds. The van der Waals surface area contributed by atoms with Crippen molar-refractivity contribution in [2.45, 2.75) is 10.0 Å². The van der Waals surface area contributed by atoms with Crippen molar-refractivity contribution in [1.29, 1.82) is 0 Å². The van der Waals surface area contributed by atoms with Crippen molar-refractivity contribution in [1.82, 2.24) is 0 Å². The Morgan fingerprint density at radius 3 is 1.71 bits per heavy atom. The van der Waals surface area contributed by atoms with Crippen LogP contribution in [0.3, 0.4) is 0 Å². The van der Waals surface area contributed by atoms with Crippen molar-refractivity contribution in [3.63, 3.8) is 0 Å². The Morgan fingerprint density at radius 2 is 1.07 bits per heavy atom. The van der Waals surface area contributed by atoms with Crippen LogP contribution in [0.15, 0.2) is 167 Å². The monoisotopic (exact) mass is 612 g/mol. The Balaban J connectivity index is 1.49. The van der Waals surface area contributed by atoms with Gasteiger partial charge < -0.3 is 0 Å². The molecule has 0 unspecified atom stereocenters. The van der Waals surface area contributed by atoms with E-state index in [1.54, 1.807) is 6.49 Å². The second-order valence-corrected chi connectivity index (χ2v) is 17.4. The van der Waals surface area contributed by atoms with E-state index in [2.05, 4.69) is 164 Å². The van der Waals surface area contributed by atoms with Gasteiger partial charge in [-0.25, -0.2) is 0 Å². The standard InChI is InChI=1S/C15H11.C13H9.C13H10.Zr/c1-2-6-12(5-1)15-10-9-13-7-3-4-8-14(13)11-15;1-3-7-12-10(5-1)9-11-6-2-4-8-13(11)12;1-3-7-12(8-4-1)11-13-9-5-2-6-10-13;/h1,3-5,7-11H,2H2;1-9H;1-10H;. The molecule has 0 spiro atoms. The second-order valence-electron chi connectivity index (χ2n) is 11.2. The summed E-state index contributed by atoms with van der Waals surface area (Å²) in [6.45, 7) is 0. The van der Waals surface area contributed by atoms with Crippen molar-refractivity contribution in [2.75, 3.05) is 0 Å². The molecule has 0 atom stereocenters. The summed E-state index contributed by atoms with van der Waals surface area (Å²) in [5.41, 5.74) is 11.4. The third kappa shape index (κ3) is 4.36. The second kappa shape index (κ2) is 10.9. The van der Waals surface area contributed by atoms with E-state index in [0.29, 0.717) is 3.63 Å². The predicted molar refractivity (Wildman–Crippen MR) is 174 cm³/mol. The van der Waals surface area contributed by atoms with E-state index < -0.39 is 21.3 Å². The first-order chi connectivity index (χ1) is 20.9. The van der Waals surface area contributed by atoms with Crippen molar-refractivity contribution >= 4 is 19.6 Å². The van der Waals surface area contributed by atoms with Crippen LogP contribution in [-0.4, -0.2) is 3.21 Å². The van der Waals surface area contributed by atoms with Gasteiger partial charge in [-0.15, -0.1) is 0 Å². The van der Waals surface area contributed by atoms with Crippen molar-refractivity contribution in [3.05, 3.63) is 195 Å². The summed E-state index contributed by atoms with van der Waals surface area (Å²) in [5.74, 6) is 0. The molecule has 6 aromatic carbocycles. The Bertz CT molecular complexity index is 1960. The van der Waals surface area contributed by atoms with Crippen molar-refractivity contribution < 1.29 is 21.3 Å². The van der Waals surface area contributed by atoms with Crippen molar-refractivity contribution in [2.24, 2.45) is 0 Å². The van der Waals surface area contributed by atoms with Crippen LogP contribution in [0.2, 0.25) is 0 Å². The van der Waals surface area contributed by atoms with Crippen LogP contribution in [0.25, 0.3) is 27.5 Å². The molecule has 0 aromatic heterocycles. The third-order valence-corrected chi connectivity index (χ3v) is 17.3. The van der Waals surface area contributed by atoms with E-state index in [1.165, 1.54) is 55.3 Å². The maximum absolute atomic E-state index is 2.80. The molecule has 6 aromatic rings. The number of allylic oxidation sites excluding steroid dienone is 4. The fourth-order valence-electron chi connectivity index (χ4n) is 7.01. The number of hydrogen-bond acceptors (Lipinski definition) is 0. The zero-order chi connectivity index (χ0) is 27.9. The fourth-order valence-corrected chi connectivity index (χ4v) is 16.5. The normalized spacial score (nSPS) is 13.8. The van der Waals surface area contributed by atoms with E-state index in [0.717, 1.165) is 6.42 Å². The molecule has 0 heterocycles. The van der Waals surface area contributed by atoms with Crippen LogP contribution in [0.5, 0.6) is 0 Å². The quantitative estimate of drug-likeness (QED) is 0.181. The Kier molecular flexibility index (Phi) is 6.62. The number of hydrogen-bond donors (Lipinski definition) is 0. The van der Waals surface area contributed by atoms with Gasteiger partial charge in [0.25, 0.3) is 0 Å². The van der Waals surface area contributed by atoms with Gasteiger partial charge in [-0.1, -0.05) is 0 Å². The molecule has 0 saturated carbocycles. The number of fused-ring (bicyclic) bond motifs is 4.